The first-order valence-corrected chi connectivity index (χ1v) is 7.52. The number of hydrogen-bond acceptors (Lipinski definition) is 2. The summed E-state index contributed by atoms with van der Waals surface area (Å²) < 4.78 is 0. The van der Waals surface area contributed by atoms with Crippen LogP contribution in [0.2, 0.25) is 0 Å². The van der Waals surface area contributed by atoms with E-state index in [4.69, 9.17) is 0 Å². The highest BCUT2D eigenvalue weighted by Gasteiger charge is 2.01. The van der Waals surface area contributed by atoms with Gasteiger partial charge < -0.3 is 15.5 Å². The van der Waals surface area contributed by atoms with Crippen molar-refractivity contribution in [2.75, 3.05) is 39.3 Å². The fraction of sp³-hybridized carbons (Fsp3) is 0.929. The highest BCUT2D eigenvalue weighted by Crippen LogP contribution is 1.90. The van der Waals surface area contributed by atoms with Gasteiger partial charge in [-0.3, -0.25) is 4.99 Å². The predicted octanol–water partition coefficient (Wildman–Crippen LogP) is 2.07. The Kier molecular flexibility index (Phi) is 12.1. The van der Waals surface area contributed by atoms with E-state index in [1.807, 2.05) is 0 Å². The number of guanidine groups is 1. The van der Waals surface area contributed by atoms with E-state index in [1.54, 1.807) is 0 Å². The largest absolute Gasteiger partial charge is 0.357 e. The Morgan fingerprint density at radius 2 is 1.78 bits per heavy atom. The molecule has 0 saturated carbocycles. The molecule has 0 radical (unpaired) electrons. The van der Waals surface area contributed by atoms with Gasteiger partial charge in [0, 0.05) is 26.2 Å². The van der Waals surface area contributed by atoms with Crippen LogP contribution in [0.25, 0.3) is 0 Å². The second-order valence-electron chi connectivity index (χ2n) is 4.48. The van der Waals surface area contributed by atoms with Crippen molar-refractivity contribution in [3.63, 3.8) is 0 Å². The van der Waals surface area contributed by atoms with Crippen molar-refractivity contribution >= 4 is 5.96 Å². The van der Waals surface area contributed by atoms with Crippen molar-refractivity contribution in [3.05, 3.63) is 0 Å². The van der Waals surface area contributed by atoms with Gasteiger partial charge in [-0.2, -0.15) is 0 Å². The Labute approximate surface area is 113 Å². The molecule has 0 bridgehead atoms. The summed E-state index contributed by atoms with van der Waals surface area (Å²) in [5.74, 6) is 0.957. The van der Waals surface area contributed by atoms with E-state index in [0.29, 0.717) is 0 Å². The minimum Gasteiger partial charge on any atom is -0.357 e. The molecule has 4 heteroatoms. The first-order chi connectivity index (χ1) is 8.78. The molecule has 0 aliphatic carbocycles. The van der Waals surface area contributed by atoms with Crippen LogP contribution < -0.4 is 10.6 Å². The third-order valence-corrected chi connectivity index (χ3v) is 2.83. The molecule has 0 rings (SSSR count). The van der Waals surface area contributed by atoms with Crippen molar-refractivity contribution in [1.82, 2.24) is 15.5 Å². The van der Waals surface area contributed by atoms with Crippen LogP contribution in [-0.4, -0.2) is 50.1 Å². The predicted molar refractivity (Wildman–Crippen MR) is 81.3 cm³/mol. The van der Waals surface area contributed by atoms with Gasteiger partial charge in [0.2, 0.25) is 0 Å². The molecule has 0 unspecified atom stereocenters. The number of nitrogens with one attached hydrogen (secondary N) is 2. The molecule has 0 heterocycles. The fourth-order valence-electron chi connectivity index (χ4n) is 1.77. The van der Waals surface area contributed by atoms with Crippen molar-refractivity contribution in [3.8, 4) is 0 Å². The standard InChI is InChI=1S/C14H32N4/c1-5-9-10-16-14(15-7-3)17-11-13-18(8-4)12-6-2/h5-13H2,1-4H3,(H2,15,16,17). The maximum atomic E-state index is 4.55. The summed E-state index contributed by atoms with van der Waals surface area (Å²) >= 11 is 0. The first-order valence-electron chi connectivity index (χ1n) is 7.52. The Morgan fingerprint density at radius 1 is 1.00 bits per heavy atom. The summed E-state index contributed by atoms with van der Waals surface area (Å²) in [5.41, 5.74) is 0. The van der Waals surface area contributed by atoms with Crippen molar-refractivity contribution in [1.29, 1.82) is 0 Å². The van der Waals surface area contributed by atoms with Crippen molar-refractivity contribution in [2.45, 2.75) is 47.0 Å². The van der Waals surface area contributed by atoms with Gasteiger partial charge >= 0.3 is 0 Å². The summed E-state index contributed by atoms with van der Waals surface area (Å²) in [6.45, 7) is 14.9. The average Bonchev–Trinajstić information content (AvgIpc) is 2.38. The smallest absolute Gasteiger partial charge is 0.191 e. The van der Waals surface area contributed by atoms with E-state index in [0.717, 1.165) is 45.1 Å². The summed E-state index contributed by atoms with van der Waals surface area (Å²) in [6.07, 6.45) is 3.58. The van der Waals surface area contributed by atoms with Crippen LogP contribution in [0.4, 0.5) is 0 Å². The number of aliphatic imine (C=N–C) groups is 1. The molecule has 4 nitrogen and oxygen atoms in total. The van der Waals surface area contributed by atoms with Crippen LogP contribution in [0.1, 0.15) is 47.0 Å². The normalized spacial score (nSPS) is 11.9. The molecule has 0 aliphatic heterocycles. The summed E-state index contributed by atoms with van der Waals surface area (Å²) in [5, 5.41) is 6.69. The quantitative estimate of drug-likeness (QED) is 0.357. The molecule has 0 atom stereocenters. The van der Waals surface area contributed by atoms with Crippen LogP contribution in [-0.2, 0) is 0 Å². The molecule has 0 aromatic carbocycles. The monoisotopic (exact) mass is 256 g/mol. The maximum Gasteiger partial charge on any atom is 0.191 e. The highest BCUT2D eigenvalue weighted by atomic mass is 15.2. The van der Waals surface area contributed by atoms with Crippen LogP contribution in [0.5, 0.6) is 0 Å². The zero-order valence-electron chi connectivity index (χ0n) is 12.8. The molecule has 0 aliphatic rings. The Hall–Kier alpha value is -0.770. The number of rotatable bonds is 10. The molecule has 2 N–H and O–H groups in total. The number of likely N-dealkylation sites (N-methyl/N-ethyl adjacent to an activating group) is 1. The lowest BCUT2D eigenvalue weighted by atomic mass is 10.3. The van der Waals surface area contributed by atoms with E-state index in [1.165, 1.54) is 19.4 Å². The van der Waals surface area contributed by atoms with E-state index in [-0.39, 0.29) is 0 Å². The van der Waals surface area contributed by atoms with Gasteiger partial charge in [-0.25, -0.2) is 0 Å². The van der Waals surface area contributed by atoms with Crippen LogP contribution in [0.3, 0.4) is 0 Å². The lowest BCUT2D eigenvalue weighted by molar-refractivity contribution is 0.293. The summed E-state index contributed by atoms with van der Waals surface area (Å²) in [4.78, 5) is 7.01. The topological polar surface area (TPSA) is 39.7 Å². The maximum absolute atomic E-state index is 4.55. The molecule has 18 heavy (non-hydrogen) atoms. The number of nitrogens with zero attached hydrogens (tertiary/aromatic N) is 2. The molecule has 108 valence electrons. The Morgan fingerprint density at radius 3 is 2.33 bits per heavy atom. The van der Waals surface area contributed by atoms with Gasteiger partial charge in [-0.1, -0.05) is 27.2 Å². The zero-order chi connectivity index (χ0) is 13.6. The van der Waals surface area contributed by atoms with E-state index >= 15 is 0 Å². The van der Waals surface area contributed by atoms with Crippen LogP contribution in [0.15, 0.2) is 4.99 Å². The molecule has 0 spiro atoms. The second kappa shape index (κ2) is 12.7. The lowest BCUT2D eigenvalue weighted by Crippen LogP contribution is -2.41. The molecule has 0 saturated heterocycles. The number of hydrogen-bond donors (Lipinski definition) is 2. The third-order valence-electron chi connectivity index (χ3n) is 2.83. The Balaban J connectivity index is 3.90. The van der Waals surface area contributed by atoms with Gasteiger partial charge in [0.1, 0.15) is 0 Å². The van der Waals surface area contributed by atoms with E-state index in [9.17, 15) is 0 Å². The summed E-state index contributed by atoms with van der Waals surface area (Å²) in [7, 11) is 0. The average molecular weight is 256 g/mol. The van der Waals surface area contributed by atoms with Gasteiger partial charge in [-0.15, -0.1) is 0 Å². The molecule has 0 aromatic rings. The van der Waals surface area contributed by atoms with Gasteiger partial charge in [-0.05, 0) is 32.9 Å². The van der Waals surface area contributed by atoms with E-state index < -0.39 is 0 Å². The van der Waals surface area contributed by atoms with Crippen LogP contribution in [0, 0.1) is 0 Å². The van der Waals surface area contributed by atoms with Crippen molar-refractivity contribution < 1.29 is 0 Å². The van der Waals surface area contributed by atoms with Gasteiger partial charge in [0.25, 0.3) is 0 Å². The van der Waals surface area contributed by atoms with Gasteiger partial charge in [0.05, 0.1) is 0 Å². The molecular formula is C14H32N4. The molecule has 0 aromatic heterocycles. The fourth-order valence-corrected chi connectivity index (χ4v) is 1.77. The lowest BCUT2D eigenvalue weighted by Gasteiger charge is -2.20. The molecule has 0 fully saturated rings. The summed E-state index contributed by atoms with van der Waals surface area (Å²) in [6, 6.07) is 0. The Bertz CT molecular complexity index is 204. The van der Waals surface area contributed by atoms with Crippen molar-refractivity contribution in [2.24, 2.45) is 4.99 Å². The van der Waals surface area contributed by atoms with Gasteiger partial charge in [0.15, 0.2) is 5.96 Å². The molecular weight excluding hydrogens is 224 g/mol. The minimum atomic E-state index is 0.915. The van der Waals surface area contributed by atoms with E-state index in [2.05, 4.69) is 48.2 Å². The molecule has 0 amide bonds. The van der Waals surface area contributed by atoms with Crippen LogP contribution >= 0.6 is 0 Å². The first kappa shape index (κ1) is 17.2. The highest BCUT2D eigenvalue weighted by molar-refractivity contribution is 5.79. The number of unbranched alkanes of at least 4 members (excludes halogenated alkanes) is 1. The SMILES string of the molecule is CCCCN=C(NCC)NCCN(CC)CCC. The zero-order valence-corrected chi connectivity index (χ0v) is 12.8. The third kappa shape index (κ3) is 9.28. The minimum absolute atomic E-state index is 0.915. The second-order valence-corrected chi connectivity index (χ2v) is 4.48.